The lowest BCUT2D eigenvalue weighted by Crippen LogP contribution is -1.99. The minimum Gasteiger partial charge on any atom is -0.308 e. The molecule has 0 saturated carbocycles. The van der Waals surface area contributed by atoms with Gasteiger partial charge in [-0.3, -0.25) is 0 Å². The Bertz CT molecular complexity index is 5860. The van der Waals surface area contributed by atoms with Crippen molar-refractivity contribution in [2.24, 2.45) is 0 Å². The summed E-state index contributed by atoms with van der Waals surface area (Å²) in [5, 5.41) is 17.2. The van der Waals surface area contributed by atoms with Crippen LogP contribution < -0.4 is 0 Å². The second kappa shape index (κ2) is 20.5. The molecule has 19 aromatic rings. The summed E-state index contributed by atoms with van der Waals surface area (Å²) < 4.78 is 7.65. The molecular weight excluding hydrogens is 1120 g/mol. The Morgan fingerprint density at radius 1 is 0.187 bits per heavy atom. The van der Waals surface area contributed by atoms with Crippen LogP contribution in [0.1, 0.15) is 0 Å². The summed E-state index contributed by atoms with van der Waals surface area (Å²) in [6.45, 7) is 0. The van der Waals surface area contributed by atoms with Crippen molar-refractivity contribution in [1.82, 2.24) is 9.13 Å². The van der Waals surface area contributed by atoms with Crippen molar-refractivity contribution in [3.05, 3.63) is 328 Å². The van der Waals surface area contributed by atoms with Crippen molar-refractivity contribution in [3.8, 4) is 78.1 Å². The first-order valence-corrected chi connectivity index (χ1v) is 32.2. The highest BCUT2D eigenvalue weighted by Crippen LogP contribution is 2.51. The molecule has 422 valence electrons. The van der Waals surface area contributed by atoms with E-state index in [9.17, 15) is 0 Å². The molecule has 0 saturated heterocycles. The Morgan fingerprint density at radius 3 is 0.857 bits per heavy atom. The molecular formula is C88H54N2S. The summed E-state index contributed by atoms with van der Waals surface area (Å²) >= 11 is 1.89. The number of hydrogen-bond donors (Lipinski definition) is 0. The van der Waals surface area contributed by atoms with Gasteiger partial charge in [-0.25, -0.2) is 0 Å². The summed E-state index contributed by atoms with van der Waals surface area (Å²) in [6, 6.07) is 122. The van der Waals surface area contributed by atoms with Crippen molar-refractivity contribution in [1.29, 1.82) is 0 Å². The van der Waals surface area contributed by atoms with Crippen LogP contribution in [-0.4, -0.2) is 9.13 Å². The van der Waals surface area contributed by atoms with Gasteiger partial charge in [0.25, 0.3) is 0 Å². The molecule has 0 bridgehead atoms. The van der Waals surface area contributed by atoms with E-state index in [1.54, 1.807) is 0 Å². The molecule has 0 radical (unpaired) electrons. The van der Waals surface area contributed by atoms with Crippen LogP contribution >= 0.6 is 11.3 Å². The van der Waals surface area contributed by atoms with Crippen LogP contribution in [0.15, 0.2) is 328 Å². The minimum absolute atomic E-state index is 1.18. The van der Waals surface area contributed by atoms with E-state index in [2.05, 4.69) is 337 Å². The zero-order valence-electron chi connectivity index (χ0n) is 49.5. The van der Waals surface area contributed by atoms with Gasteiger partial charge in [-0.05, 0) is 155 Å². The molecule has 3 aromatic heterocycles. The Morgan fingerprint density at radius 2 is 0.495 bits per heavy atom. The number of rotatable bonds is 8. The van der Waals surface area contributed by atoms with Gasteiger partial charge in [0.2, 0.25) is 0 Å². The first-order chi connectivity index (χ1) is 45.2. The molecule has 16 aromatic carbocycles. The van der Waals surface area contributed by atoms with Crippen LogP contribution in [0.4, 0.5) is 0 Å². The molecule has 3 heterocycles. The number of nitrogens with zero attached hydrogens (tertiary/aromatic N) is 2. The Labute approximate surface area is 529 Å². The molecule has 19 rings (SSSR count). The van der Waals surface area contributed by atoms with Gasteiger partial charge in [-0.15, -0.1) is 11.3 Å². The maximum absolute atomic E-state index is 2.56. The molecule has 0 spiro atoms. The predicted octanol–water partition coefficient (Wildman–Crippen LogP) is 24.9. The Kier molecular flexibility index (Phi) is 11.6. The van der Waals surface area contributed by atoms with E-state index in [0.29, 0.717) is 0 Å². The zero-order chi connectivity index (χ0) is 59.7. The summed E-state index contributed by atoms with van der Waals surface area (Å²) in [4.78, 5) is 0. The van der Waals surface area contributed by atoms with Gasteiger partial charge in [0.1, 0.15) is 0 Å². The topological polar surface area (TPSA) is 9.86 Å². The average Bonchev–Trinajstić information content (AvgIpc) is 1.72. The molecule has 0 amide bonds. The highest BCUT2D eigenvalue weighted by molar-refractivity contribution is 7.26. The molecule has 2 nitrogen and oxygen atoms in total. The number of fused-ring (bicyclic) bond motifs is 13. The molecule has 0 aliphatic carbocycles. The van der Waals surface area contributed by atoms with Crippen molar-refractivity contribution >= 4 is 118 Å². The molecule has 0 fully saturated rings. The average molecular weight is 1170 g/mol. The monoisotopic (exact) mass is 1170 g/mol. The van der Waals surface area contributed by atoms with Gasteiger partial charge in [-0.1, -0.05) is 261 Å². The normalized spacial score (nSPS) is 12.0. The van der Waals surface area contributed by atoms with Gasteiger partial charge >= 0.3 is 0 Å². The lowest BCUT2D eigenvalue weighted by atomic mass is 9.87. The third-order valence-corrected chi connectivity index (χ3v) is 20.4. The fraction of sp³-hybridized carbons (Fsp3) is 0. The Hall–Kier alpha value is -11.6. The van der Waals surface area contributed by atoms with E-state index in [1.165, 1.54) is 185 Å². The summed E-state index contributed by atoms with van der Waals surface area (Å²) in [5.41, 5.74) is 21.7. The van der Waals surface area contributed by atoms with Crippen molar-refractivity contribution < 1.29 is 0 Å². The number of aromatic nitrogens is 2. The molecule has 0 atom stereocenters. The first-order valence-electron chi connectivity index (χ1n) is 31.4. The molecule has 0 aliphatic heterocycles. The second-order valence-corrected chi connectivity index (χ2v) is 25.3. The maximum Gasteiger partial charge on any atom is 0.0619 e. The quantitative estimate of drug-likeness (QED) is 0.134. The van der Waals surface area contributed by atoms with E-state index < -0.39 is 0 Å². The summed E-state index contributed by atoms with van der Waals surface area (Å²) in [5.74, 6) is 0. The standard InChI is InChI=1S/C88H54N2S/c1-5-22-55(23-6-1)59-40-45-78-73(50-59)74-51-60(56-24-7-2-8-25-56)41-46-79(74)89(78)87-68-34-17-13-30-64(68)84(65-31-14-18-35-69(65)87)63-44-49-82-77(54-63)86-72(38-21-39-83(86)91-82)85-66-32-15-19-36-70(66)88(71-37-20-16-33-67(71)85)90-80-47-42-61(57-26-9-3-10-27-57)52-75(80)76-53-62(43-48-81(76)90)58-28-11-4-12-29-58/h1-54H. The van der Waals surface area contributed by atoms with Gasteiger partial charge < -0.3 is 9.13 Å². The molecule has 0 unspecified atom stereocenters. The van der Waals surface area contributed by atoms with Crippen LogP contribution in [0.25, 0.3) is 185 Å². The second-order valence-electron chi connectivity index (χ2n) is 24.2. The minimum atomic E-state index is 1.18. The summed E-state index contributed by atoms with van der Waals surface area (Å²) in [7, 11) is 0. The fourth-order valence-corrected chi connectivity index (χ4v) is 16.4. The van der Waals surface area contributed by atoms with Crippen LogP contribution in [-0.2, 0) is 0 Å². The van der Waals surface area contributed by atoms with Gasteiger partial charge in [0.15, 0.2) is 0 Å². The largest absolute Gasteiger partial charge is 0.308 e. The molecule has 0 aliphatic rings. The van der Waals surface area contributed by atoms with Crippen molar-refractivity contribution in [3.63, 3.8) is 0 Å². The third-order valence-electron chi connectivity index (χ3n) is 19.3. The van der Waals surface area contributed by atoms with E-state index in [4.69, 9.17) is 0 Å². The van der Waals surface area contributed by atoms with E-state index in [0.717, 1.165) is 0 Å². The predicted molar refractivity (Wildman–Crippen MR) is 391 cm³/mol. The van der Waals surface area contributed by atoms with Crippen molar-refractivity contribution in [2.75, 3.05) is 0 Å². The van der Waals surface area contributed by atoms with Crippen LogP contribution in [0.3, 0.4) is 0 Å². The number of thiophene rings is 1. The number of benzene rings is 16. The first kappa shape index (κ1) is 51.4. The van der Waals surface area contributed by atoms with Crippen LogP contribution in [0, 0.1) is 0 Å². The van der Waals surface area contributed by atoms with Gasteiger partial charge in [0.05, 0.1) is 33.4 Å². The van der Waals surface area contributed by atoms with E-state index in [-0.39, 0.29) is 0 Å². The van der Waals surface area contributed by atoms with Crippen LogP contribution in [0.2, 0.25) is 0 Å². The highest BCUT2D eigenvalue weighted by atomic mass is 32.1. The lowest BCUT2D eigenvalue weighted by Gasteiger charge is -2.20. The number of hydrogen-bond acceptors (Lipinski definition) is 1. The van der Waals surface area contributed by atoms with Gasteiger partial charge in [0, 0.05) is 63.3 Å². The summed E-state index contributed by atoms with van der Waals surface area (Å²) in [6.07, 6.45) is 0. The highest BCUT2D eigenvalue weighted by Gasteiger charge is 2.26. The maximum atomic E-state index is 2.56. The van der Waals surface area contributed by atoms with Crippen LogP contribution in [0.5, 0.6) is 0 Å². The van der Waals surface area contributed by atoms with E-state index >= 15 is 0 Å². The molecule has 0 N–H and O–H groups in total. The Balaban J connectivity index is 0.827. The van der Waals surface area contributed by atoms with Gasteiger partial charge in [-0.2, -0.15) is 0 Å². The van der Waals surface area contributed by atoms with Crippen molar-refractivity contribution in [2.45, 2.75) is 0 Å². The zero-order valence-corrected chi connectivity index (χ0v) is 50.3. The fourth-order valence-electron chi connectivity index (χ4n) is 15.3. The molecule has 3 heteroatoms. The smallest absolute Gasteiger partial charge is 0.0619 e. The molecule has 91 heavy (non-hydrogen) atoms. The SMILES string of the molecule is c1ccc(-c2ccc3c(c2)c2cc(-c4ccccc4)ccc2n3-c2c3ccccc3c(-c3ccc4sc5cccc(-c6c7ccccc7c(-n7c8ccc(-c9ccccc9)cc8c8cc(-c9ccccc9)ccc87)c7ccccc67)c5c4c3)c3ccccc23)cc1. The third kappa shape index (κ3) is 7.98. The lowest BCUT2D eigenvalue weighted by molar-refractivity contribution is 1.21. The van der Waals surface area contributed by atoms with E-state index in [1.807, 2.05) is 11.3 Å².